The molecule has 1 saturated heterocycles. The van der Waals surface area contributed by atoms with Gasteiger partial charge in [0.05, 0.1) is 0 Å². The highest BCUT2D eigenvalue weighted by Crippen LogP contribution is 2.53. The Morgan fingerprint density at radius 1 is 1.17 bits per heavy atom. The topological polar surface area (TPSA) is 32.3 Å². The van der Waals surface area contributed by atoms with Crippen molar-refractivity contribution < 1.29 is 18.0 Å². The van der Waals surface area contributed by atoms with E-state index < -0.39 is 12.1 Å². The first-order valence-corrected chi connectivity index (χ1v) is 8.05. The molecule has 3 nitrogen and oxygen atoms in total. The van der Waals surface area contributed by atoms with Crippen LogP contribution in [-0.2, 0) is 4.79 Å². The summed E-state index contributed by atoms with van der Waals surface area (Å²) in [6, 6.07) is 8.96. The van der Waals surface area contributed by atoms with Crippen molar-refractivity contribution in [2.45, 2.75) is 43.4 Å². The third kappa shape index (κ3) is 2.53. The molecule has 2 saturated carbocycles. The zero-order valence-corrected chi connectivity index (χ0v) is 12.6. The number of nitrogens with one attached hydrogen (secondary N) is 1. The lowest BCUT2D eigenvalue weighted by atomic mass is 9.61. The number of alkyl halides is 3. The molecule has 6 heteroatoms. The molecule has 124 valence electrons. The molecule has 1 amide bonds. The number of carbonyl (C=O) groups excluding carboxylic acids is 1. The van der Waals surface area contributed by atoms with Crippen molar-refractivity contribution in [3.05, 3.63) is 35.9 Å². The van der Waals surface area contributed by atoms with Gasteiger partial charge in [-0.1, -0.05) is 30.3 Å². The normalized spacial score (nSPS) is 28.8. The predicted molar refractivity (Wildman–Crippen MR) is 78.8 cm³/mol. The van der Waals surface area contributed by atoms with Crippen molar-refractivity contribution in [3.63, 3.8) is 0 Å². The Labute approximate surface area is 132 Å². The van der Waals surface area contributed by atoms with Crippen molar-refractivity contribution in [3.8, 4) is 0 Å². The minimum Gasteiger partial charge on any atom is -0.328 e. The van der Waals surface area contributed by atoms with E-state index in [9.17, 15) is 18.0 Å². The molecule has 1 N–H and O–H groups in total. The molecule has 0 aromatic heterocycles. The highest BCUT2D eigenvalue weighted by atomic mass is 19.4. The molecular formula is C17H19F3N2O. The standard InChI is InChI=1S/C17H19F3N2O/c18-17(19,20)15(23)22(12-7-16(8-12)9-21-10-16)14-6-13(14)11-4-2-1-3-5-11/h1-5,12-14,21H,6-10H2. The first-order valence-electron chi connectivity index (χ1n) is 8.05. The second-order valence-corrected chi connectivity index (χ2v) is 7.20. The van der Waals surface area contributed by atoms with Gasteiger partial charge in [-0.25, -0.2) is 0 Å². The van der Waals surface area contributed by atoms with E-state index in [-0.39, 0.29) is 23.4 Å². The molecule has 2 aliphatic carbocycles. The van der Waals surface area contributed by atoms with Crippen LogP contribution >= 0.6 is 0 Å². The van der Waals surface area contributed by atoms with Gasteiger partial charge in [0.2, 0.25) is 0 Å². The minimum atomic E-state index is -4.79. The van der Waals surface area contributed by atoms with Gasteiger partial charge in [-0.3, -0.25) is 4.79 Å². The van der Waals surface area contributed by atoms with Crippen LogP contribution in [0.4, 0.5) is 13.2 Å². The van der Waals surface area contributed by atoms with E-state index in [0.717, 1.165) is 23.6 Å². The quantitative estimate of drug-likeness (QED) is 0.927. The molecule has 1 aliphatic heterocycles. The summed E-state index contributed by atoms with van der Waals surface area (Å²) < 4.78 is 39.1. The molecule has 1 heterocycles. The molecule has 4 rings (SSSR count). The molecule has 23 heavy (non-hydrogen) atoms. The Kier molecular flexibility index (Phi) is 3.24. The lowest BCUT2D eigenvalue weighted by molar-refractivity contribution is -0.194. The SMILES string of the molecule is O=C(N(C1CC2(CNC2)C1)C1CC1c1ccccc1)C(F)(F)F. The summed E-state index contributed by atoms with van der Waals surface area (Å²) in [4.78, 5) is 13.1. The van der Waals surface area contributed by atoms with E-state index in [0.29, 0.717) is 19.3 Å². The summed E-state index contributed by atoms with van der Waals surface area (Å²) >= 11 is 0. The van der Waals surface area contributed by atoms with Gasteiger partial charge in [0, 0.05) is 31.1 Å². The van der Waals surface area contributed by atoms with Crippen LogP contribution in [0.25, 0.3) is 0 Å². The highest BCUT2D eigenvalue weighted by molar-refractivity contribution is 5.83. The summed E-state index contributed by atoms with van der Waals surface area (Å²) in [5.41, 5.74) is 1.17. The summed E-state index contributed by atoms with van der Waals surface area (Å²) in [5.74, 6) is -1.62. The average molecular weight is 324 g/mol. The van der Waals surface area contributed by atoms with Gasteiger partial charge in [-0.05, 0) is 30.2 Å². The first kappa shape index (κ1) is 15.0. The number of rotatable bonds is 3. The molecule has 1 aromatic rings. The molecule has 1 aromatic carbocycles. The van der Waals surface area contributed by atoms with Gasteiger partial charge in [0.1, 0.15) is 0 Å². The maximum Gasteiger partial charge on any atom is 0.471 e. The van der Waals surface area contributed by atoms with Crippen molar-refractivity contribution >= 4 is 5.91 Å². The second kappa shape index (κ2) is 4.97. The Hall–Kier alpha value is -1.56. The van der Waals surface area contributed by atoms with Crippen LogP contribution in [0.5, 0.6) is 0 Å². The first-order chi connectivity index (χ1) is 10.9. The molecule has 3 aliphatic rings. The predicted octanol–water partition coefficient (Wildman–Crippen LogP) is 2.69. The molecule has 2 unspecified atom stereocenters. The largest absolute Gasteiger partial charge is 0.471 e. The van der Waals surface area contributed by atoms with Crippen LogP contribution in [0, 0.1) is 5.41 Å². The smallest absolute Gasteiger partial charge is 0.328 e. The third-order valence-electron chi connectivity index (χ3n) is 5.55. The van der Waals surface area contributed by atoms with E-state index in [1.165, 1.54) is 0 Å². The molecule has 1 spiro atoms. The monoisotopic (exact) mass is 324 g/mol. The van der Waals surface area contributed by atoms with Crippen LogP contribution < -0.4 is 5.32 Å². The maximum absolute atomic E-state index is 13.0. The van der Waals surface area contributed by atoms with Crippen LogP contribution in [-0.4, -0.2) is 42.2 Å². The Bertz CT molecular complexity index is 604. The third-order valence-corrected chi connectivity index (χ3v) is 5.55. The van der Waals surface area contributed by atoms with E-state index in [1.54, 1.807) is 0 Å². The number of hydrogen-bond donors (Lipinski definition) is 1. The van der Waals surface area contributed by atoms with Gasteiger partial charge in [-0.2, -0.15) is 13.2 Å². The fraction of sp³-hybridized carbons (Fsp3) is 0.588. The van der Waals surface area contributed by atoms with Gasteiger partial charge in [-0.15, -0.1) is 0 Å². The van der Waals surface area contributed by atoms with E-state index in [2.05, 4.69) is 5.32 Å². The molecule has 0 bridgehead atoms. The van der Waals surface area contributed by atoms with Crippen LogP contribution in [0.2, 0.25) is 0 Å². The molecule has 3 fully saturated rings. The van der Waals surface area contributed by atoms with Crippen LogP contribution in [0.3, 0.4) is 0 Å². The Morgan fingerprint density at radius 3 is 2.35 bits per heavy atom. The highest BCUT2D eigenvalue weighted by Gasteiger charge is 2.59. The summed E-state index contributed by atoms with van der Waals surface area (Å²) in [5, 5.41) is 3.18. The Balaban J connectivity index is 1.51. The summed E-state index contributed by atoms with van der Waals surface area (Å²) in [6.45, 7) is 1.73. The van der Waals surface area contributed by atoms with Crippen LogP contribution in [0.15, 0.2) is 30.3 Å². The molecule has 0 radical (unpaired) electrons. The zero-order chi connectivity index (χ0) is 16.2. The van der Waals surface area contributed by atoms with Gasteiger partial charge < -0.3 is 10.2 Å². The lowest BCUT2D eigenvalue weighted by Crippen LogP contribution is -2.67. The van der Waals surface area contributed by atoms with Crippen molar-refractivity contribution in [2.75, 3.05) is 13.1 Å². The fourth-order valence-corrected chi connectivity index (χ4v) is 4.18. The van der Waals surface area contributed by atoms with E-state index in [1.807, 2.05) is 30.3 Å². The number of hydrogen-bond acceptors (Lipinski definition) is 2. The molecular weight excluding hydrogens is 305 g/mol. The summed E-state index contributed by atoms with van der Waals surface area (Å²) in [6.07, 6.45) is -2.77. The summed E-state index contributed by atoms with van der Waals surface area (Å²) in [7, 11) is 0. The van der Waals surface area contributed by atoms with Crippen molar-refractivity contribution in [1.29, 1.82) is 0 Å². The van der Waals surface area contributed by atoms with E-state index in [4.69, 9.17) is 0 Å². The number of amides is 1. The fourth-order valence-electron chi connectivity index (χ4n) is 4.18. The molecule has 2 atom stereocenters. The van der Waals surface area contributed by atoms with E-state index >= 15 is 0 Å². The number of carbonyl (C=O) groups is 1. The van der Waals surface area contributed by atoms with Gasteiger partial charge in [0.25, 0.3) is 0 Å². The second-order valence-electron chi connectivity index (χ2n) is 7.20. The van der Waals surface area contributed by atoms with Crippen molar-refractivity contribution in [1.82, 2.24) is 10.2 Å². The number of benzene rings is 1. The van der Waals surface area contributed by atoms with Gasteiger partial charge in [0.15, 0.2) is 0 Å². The number of nitrogens with zero attached hydrogens (tertiary/aromatic N) is 1. The lowest BCUT2D eigenvalue weighted by Gasteiger charge is -2.57. The van der Waals surface area contributed by atoms with Crippen LogP contribution in [0.1, 0.15) is 30.7 Å². The Morgan fingerprint density at radius 2 is 1.83 bits per heavy atom. The van der Waals surface area contributed by atoms with Gasteiger partial charge >= 0.3 is 12.1 Å². The zero-order valence-electron chi connectivity index (χ0n) is 12.6. The average Bonchev–Trinajstić information content (AvgIpc) is 3.19. The van der Waals surface area contributed by atoms with Crippen molar-refractivity contribution in [2.24, 2.45) is 5.41 Å². The maximum atomic E-state index is 13.0. The number of halogens is 3. The minimum absolute atomic E-state index is 0.0403.